The summed E-state index contributed by atoms with van der Waals surface area (Å²) in [4.78, 5) is 13.6. The van der Waals surface area contributed by atoms with E-state index in [4.69, 9.17) is 0 Å². The first kappa shape index (κ1) is 16.0. The molecular weight excluding hydrogens is 262 g/mol. The summed E-state index contributed by atoms with van der Waals surface area (Å²) in [5.41, 5.74) is 5.39. The lowest BCUT2D eigenvalue weighted by Gasteiger charge is -2.41. The molecule has 1 saturated heterocycles. The Balaban J connectivity index is 2.21. The molecular formula is C18H27NO2. The van der Waals surface area contributed by atoms with E-state index in [1.54, 1.807) is 0 Å². The second-order valence-corrected chi connectivity index (χ2v) is 6.63. The highest BCUT2D eigenvalue weighted by molar-refractivity contribution is 5.70. The molecule has 0 saturated carbocycles. The average molecular weight is 289 g/mol. The van der Waals surface area contributed by atoms with Gasteiger partial charge in [0.1, 0.15) is 0 Å². The Labute approximate surface area is 128 Å². The molecule has 3 nitrogen and oxygen atoms in total. The zero-order valence-corrected chi connectivity index (χ0v) is 13.8. The molecule has 1 aromatic carbocycles. The van der Waals surface area contributed by atoms with Crippen molar-refractivity contribution in [3.63, 3.8) is 0 Å². The Morgan fingerprint density at radius 1 is 1.29 bits per heavy atom. The van der Waals surface area contributed by atoms with Gasteiger partial charge in [0.2, 0.25) is 0 Å². The molecule has 1 N–H and O–H groups in total. The van der Waals surface area contributed by atoms with Crippen molar-refractivity contribution in [2.45, 2.75) is 59.5 Å². The van der Waals surface area contributed by atoms with Crippen molar-refractivity contribution in [1.29, 1.82) is 0 Å². The summed E-state index contributed by atoms with van der Waals surface area (Å²) in [7, 11) is 0. The number of carboxylic acids is 1. The molecule has 0 bridgehead atoms. The van der Waals surface area contributed by atoms with Crippen LogP contribution in [0, 0.1) is 26.7 Å². The molecule has 0 spiro atoms. The molecule has 1 heterocycles. The van der Waals surface area contributed by atoms with Crippen molar-refractivity contribution >= 4 is 5.97 Å². The van der Waals surface area contributed by atoms with Crippen molar-refractivity contribution in [2.75, 3.05) is 6.54 Å². The summed E-state index contributed by atoms with van der Waals surface area (Å²) in [5.74, 6) is -0.819. The van der Waals surface area contributed by atoms with E-state index >= 15 is 0 Å². The lowest BCUT2D eigenvalue weighted by molar-refractivity contribution is -0.144. The Morgan fingerprint density at radius 3 is 2.33 bits per heavy atom. The minimum Gasteiger partial charge on any atom is -0.481 e. The first-order valence-corrected chi connectivity index (χ1v) is 7.87. The van der Waals surface area contributed by atoms with E-state index in [9.17, 15) is 9.90 Å². The Kier molecular flexibility index (Phi) is 4.72. The largest absolute Gasteiger partial charge is 0.481 e. The van der Waals surface area contributed by atoms with Crippen molar-refractivity contribution < 1.29 is 9.90 Å². The molecule has 3 heteroatoms. The van der Waals surface area contributed by atoms with Gasteiger partial charge in [-0.05, 0) is 70.7 Å². The molecule has 116 valence electrons. The van der Waals surface area contributed by atoms with Gasteiger partial charge >= 0.3 is 5.97 Å². The topological polar surface area (TPSA) is 40.5 Å². The van der Waals surface area contributed by atoms with E-state index in [1.807, 2.05) is 0 Å². The number of aliphatic carboxylic acids is 1. The maximum absolute atomic E-state index is 11.2. The normalized spacial score (nSPS) is 24.8. The second kappa shape index (κ2) is 6.18. The summed E-state index contributed by atoms with van der Waals surface area (Å²) >= 11 is 0. The number of benzene rings is 1. The van der Waals surface area contributed by atoms with Gasteiger partial charge in [-0.2, -0.15) is 0 Å². The highest BCUT2D eigenvalue weighted by atomic mass is 16.4. The van der Waals surface area contributed by atoms with Gasteiger partial charge in [-0.3, -0.25) is 9.69 Å². The predicted octanol–water partition coefficient (Wildman–Crippen LogP) is 3.86. The van der Waals surface area contributed by atoms with E-state index in [-0.39, 0.29) is 5.92 Å². The van der Waals surface area contributed by atoms with Crippen molar-refractivity contribution in [2.24, 2.45) is 5.92 Å². The van der Waals surface area contributed by atoms with Crippen molar-refractivity contribution in [1.82, 2.24) is 4.90 Å². The minimum absolute atomic E-state index is 0.177. The van der Waals surface area contributed by atoms with Crippen LogP contribution in [0.15, 0.2) is 12.1 Å². The Morgan fingerprint density at radius 2 is 1.86 bits per heavy atom. The molecule has 1 aliphatic rings. The fraction of sp³-hybridized carbons (Fsp3) is 0.611. The first-order chi connectivity index (χ1) is 9.81. The third-order valence-corrected chi connectivity index (χ3v) is 4.93. The van der Waals surface area contributed by atoms with Crippen LogP contribution in [0.25, 0.3) is 0 Å². The van der Waals surface area contributed by atoms with Gasteiger partial charge in [0, 0.05) is 12.1 Å². The van der Waals surface area contributed by atoms with Crippen molar-refractivity contribution in [3.05, 3.63) is 34.4 Å². The fourth-order valence-corrected chi connectivity index (χ4v) is 4.01. The van der Waals surface area contributed by atoms with Crippen LogP contribution in [0.5, 0.6) is 0 Å². The number of carbonyl (C=O) groups is 1. The molecule has 2 rings (SSSR count). The van der Waals surface area contributed by atoms with Gasteiger partial charge in [0.15, 0.2) is 0 Å². The summed E-state index contributed by atoms with van der Waals surface area (Å²) in [6, 6.07) is 5.14. The lowest BCUT2D eigenvalue weighted by atomic mass is 9.87. The van der Waals surface area contributed by atoms with Gasteiger partial charge in [0.25, 0.3) is 0 Å². The molecule has 1 aliphatic heterocycles. The number of nitrogens with zero attached hydrogens (tertiary/aromatic N) is 1. The summed E-state index contributed by atoms with van der Waals surface area (Å²) in [6.07, 6.45) is 1.51. The van der Waals surface area contributed by atoms with Crippen LogP contribution in [0.2, 0.25) is 0 Å². The highest BCUT2D eigenvalue weighted by Crippen LogP contribution is 2.34. The van der Waals surface area contributed by atoms with Crippen LogP contribution in [0.1, 0.15) is 55.0 Å². The SMILES string of the molecule is Cc1cc(C)c(C(C)N2CCC(C(=O)O)CC2C)c(C)c1. The van der Waals surface area contributed by atoms with Gasteiger partial charge in [-0.15, -0.1) is 0 Å². The number of rotatable bonds is 3. The number of carboxylic acid groups (broad SMARTS) is 1. The van der Waals surface area contributed by atoms with Gasteiger partial charge in [0.05, 0.1) is 5.92 Å². The zero-order valence-electron chi connectivity index (χ0n) is 13.8. The summed E-state index contributed by atoms with van der Waals surface area (Å²) in [6.45, 7) is 11.8. The van der Waals surface area contributed by atoms with Crippen LogP contribution >= 0.6 is 0 Å². The molecule has 3 atom stereocenters. The van der Waals surface area contributed by atoms with E-state index in [0.717, 1.165) is 19.4 Å². The number of aryl methyl sites for hydroxylation is 3. The van der Waals surface area contributed by atoms with Crippen LogP contribution in [0.3, 0.4) is 0 Å². The van der Waals surface area contributed by atoms with E-state index in [2.05, 4.69) is 51.7 Å². The van der Waals surface area contributed by atoms with Crippen molar-refractivity contribution in [3.8, 4) is 0 Å². The summed E-state index contributed by atoms with van der Waals surface area (Å²) in [5, 5.41) is 9.20. The molecule has 0 radical (unpaired) electrons. The van der Waals surface area contributed by atoms with Crippen LogP contribution in [-0.2, 0) is 4.79 Å². The van der Waals surface area contributed by atoms with E-state index in [0.29, 0.717) is 12.1 Å². The molecule has 1 aromatic rings. The average Bonchev–Trinajstić information content (AvgIpc) is 2.36. The number of piperidine rings is 1. The maximum atomic E-state index is 11.2. The molecule has 3 unspecified atom stereocenters. The summed E-state index contributed by atoms with van der Waals surface area (Å²) < 4.78 is 0. The van der Waals surface area contributed by atoms with E-state index < -0.39 is 5.97 Å². The number of likely N-dealkylation sites (tertiary alicyclic amines) is 1. The van der Waals surface area contributed by atoms with Gasteiger partial charge in [-0.1, -0.05) is 17.7 Å². The smallest absolute Gasteiger partial charge is 0.306 e. The first-order valence-electron chi connectivity index (χ1n) is 7.87. The third-order valence-electron chi connectivity index (χ3n) is 4.93. The predicted molar refractivity (Wildman–Crippen MR) is 85.6 cm³/mol. The third kappa shape index (κ3) is 3.29. The fourth-order valence-electron chi connectivity index (χ4n) is 4.01. The molecule has 0 aliphatic carbocycles. The quantitative estimate of drug-likeness (QED) is 0.918. The monoisotopic (exact) mass is 289 g/mol. The zero-order chi connectivity index (χ0) is 15.7. The second-order valence-electron chi connectivity index (χ2n) is 6.63. The molecule has 0 aromatic heterocycles. The molecule has 1 fully saturated rings. The van der Waals surface area contributed by atoms with Crippen LogP contribution in [-0.4, -0.2) is 28.6 Å². The standard InChI is InChI=1S/C18H27NO2/c1-11-8-12(2)17(13(3)9-11)15(5)19-7-6-16(18(20)21)10-14(19)4/h8-9,14-16H,6-7,10H2,1-5H3,(H,20,21). The van der Waals surface area contributed by atoms with Crippen LogP contribution < -0.4 is 0 Å². The van der Waals surface area contributed by atoms with Crippen LogP contribution in [0.4, 0.5) is 0 Å². The van der Waals surface area contributed by atoms with Gasteiger partial charge < -0.3 is 5.11 Å². The Hall–Kier alpha value is -1.35. The number of hydrogen-bond acceptors (Lipinski definition) is 2. The lowest BCUT2D eigenvalue weighted by Crippen LogP contribution is -2.44. The van der Waals surface area contributed by atoms with Gasteiger partial charge in [-0.25, -0.2) is 0 Å². The van der Waals surface area contributed by atoms with E-state index in [1.165, 1.54) is 22.3 Å². The number of hydrogen-bond donors (Lipinski definition) is 1. The Bertz CT molecular complexity index is 515. The minimum atomic E-state index is -0.642. The molecule has 21 heavy (non-hydrogen) atoms. The molecule has 0 amide bonds. The highest BCUT2D eigenvalue weighted by Gasteiger charge is 2.33. The maximum Gasteiger partial charge on any atom is 0.306 e.